The molecule has 2 aliphatic rings. The first kappa shape index (κ1) is 34.8. The van der Waals surface area contributed by atoms with Gasteiger partial charge in [0.2, 0.25) is 0 Å². The van der Waals surface area contributed by atoms with Gasteiger partial charge in [-0.15, -0.1) is 10.2 Å². The van der Waals surface area contributed by atoms with Crippen LogP contribution >= 0.6 is 0 Å². The number of tetrazole rings is 2. The van der Waals surface area contributed by atoms with E-state index in [0.717, 1.165) is 35.7 Å². The number of fused-ring (bicyclic) bond motifs is 2. The highest BCUT2D eigenvalue weighted by Crippen LogP contribution is 2.34. The van der Waals surface area contributed by atoms with Crippen molar-refractivity contribution in [3.63, 3.8) is 0 Å². The number of methoxy groups -OCH3 is 1. The molecule has 0 saturated heterocycles. The van der Waals surface area contributed by atoms with Crippen molar-refractivity contribution in [1.29, 1.82) is 0 Å². The van der Waals surface area contributed by atoms with Gasteiger partial charge in [0.25, 0.3) is 0 Å². The average molecular weight is 707 g/mol. The molecule has 2 aliphatic heterocycles. The van der Waals surface area contributed by atoms with Crippen LogP contribution in [0.4, 0.5) is 8.78 Å². The quantitative estimate of drug-likeness (QED) is 0.188. The highest BCUT2D eigenvalue weighted by atomic mass is 19.1. The molecule has 2 aromatic heterocycles. The van der Waals surface area contributed by atoms with Crippen LogP contribution in [0.25, 0.3) is 0 Å². The molecule has 4 heterocycles. The standard InChI is InChI=1S/C20H22FN5O.C18H18FN5O/c1-14(2)27-16-9-7-15(8-10-16)13-25-11-12-26-20(22-23-24-26)19(25)17-5-3-4-6-18(17)21;1-25-14-8-6-13(7-9-14)12-23-10-11-24-18(20-21-22-24)17(23)15-4-2-3-5-16(15)19/h3-10,14,19H,11-13H2,1-2H3;2-9,17H,10-12H2,1H3. The van der Waals surface area contributed by atoms with Crippen molar-refractivity contribution in [1.82, 2.24) is 50.2 Å². The van der Waals surface area contributed by atoms with Crippen LogP contribution in [0.5, 0.6) is 11.5 Å². The smallest absolute Gasteiger partial charge is 0.173 e. The minimum Gasteiger partial charge on any atom is -0.497 e. The zero-order valence-corrected chi connectivity index (χ0v) is 29.3. The molecule has 52 heavy (non-hydrogen) atoms. The number of nitrogens with zero attached hydrogens (tertiary/aromatic N) is 10. The lowest BCUT2D eigenvalue weighted by Gasteiger charge is -2.35. The van der Waals surface area contributed by atoms with Crippen LogP contribution in [-0.4, -0.2) is 76.5 Å². The molecular weight excluding hydrogens is 666 g/mol. The van der Waals surface area contributed by atoms with Crippen LogP contribution in [0, 0.1) is 11.6 Å². The first-order valence-electron chi connectivity index (χ1n) is 17.3. The van der Waals surface area contributed by atoms with E-state index in [4.69, 9.17) is 9.47 Å². The van der Waals surface area contributed by atoms with Crippen LogP contribution in [0.2, 0.25) is 0 Å². The number of halogens is 2. The van der Waals surface area contributed by atoms with Crippen molar-refractivity contribution in [2.75, 3.05) is 20.2 Å². The van der Waals surface area contributed by atoms with Crippen LogP contribution in [-0.2, 0) is 26.2 Å². The van der Waals surface area contributed by atoms with Gasteiger partial charge in [-0.2, -0.15) is 0 Å². The van der Waals surface area contributed by atoms with E-state index in [0.29, 0.717) is 49.0 Å². The molecule has 0 radical (unpaired) electrons. The highest BCUT2D eigenvalue weighted by Gasteiger charge is 2.34. The molecule has 0 aliphatic carbocycles. The molecule has 0 amide bonds. The van der Waals surface area contributed by atoms with Gasteiger partial charge in [-0.1, -0.05) is 60.7 Å². The van der Waals surface area contributed by atoms with E-state index in [9.17, 15) is 8.78 Å². The van der Waals surface area contributed by atoms with Gasteiger partial charge in [0.1, 0.15) is 35.2 Å². The number of hydrogen-bond acceptors (Lipinski definition) is 10. The number of hydrogen-bond donors (Lipinski definition) is 0. The van der Waals surface area contributed by atoms with E-state index in [1.165, 1.54) is 12.1 Å². The Morgan fingerprint density at radius 1 is 0.615 bits per heavy atom. The van der Waals surface area contributed by atoms with Gasteiger partial charge in [0.15, 0.2) is 11.6 Å². The molecule has 12 nitrogen and oxygen atoms in total. The summed E-state index contributed by atoms with van der Waals surface area (Å²) in [6.45, 7) is 8.20. The average Bonchev–Trinajstić information content (AvgIpc) is 3.84. The summed E-state index contributed by atoms with van der Waals surface area (Å²) in [5, 5.41) is 23.9. The van der Waals surface area contributed by atoms with Crippen LogP contribution in [0.15, 0.2) is 97.1 Å². The highest BCUT2D eigenvalue weighted by molar-refractivity contribution is 5.32. The molecule has 0 bridgehead atoms. The predicted octanol–water partition coefficient (Wildman–Crippen LogP) is 5.63. The van der Waals surface area contributed by atoms with E-state index in [2.05, 4.69) is 40.9 Å². The summed E-state index contributed by atoms with van der Waals surface area (Å²) >= 11 is 0. The Bertz CT molecular complexity index is 2070. The van der Waals surface area contributed by atoms with Gasteiger partial charge in [0.05, 0.1) is 26.3 Å². The number of ether oxygens (including phenoxy) is 2. The monoisotopic (exact) mass is 706 g/mol. The Hall–Kier alpha value is -5.60. The van der Waals surface area contributed by atoms with E-state index in [1.54, 1.807) is 40.7 Å². The van der Waals surface area contributed by atoms with E-state index in [1.807, 2.05) is 74.5 Å². The molecular formula is C38H40F2N10O2. The number of benzene rings is 4. The van der Waals surface area contributed by atoms with Gasteiger partial charge in [-0.3, -0.25) is 9.80 Å². The van der Waals surface area contributed by atoms with Crippen molar-refractivity contribution < 1.29 is 18.3 Å². The summed E-state index contributed by atoms with van der Waals surface area (Å²) in [4.78, 5) is 4.41. The van der Waals surface area contributed by atoms with Gasteiger partial charge >= 0.3 is 0 Å². The third-order valence-corrected chi connectivity index (χ3v) is 9.16. The summed E-state index contributed by atoms with van der Waals surface area (Å²) in [5.41, 5.74) is 3.44. The second kappa shape index (κ2) is 15.7. The maximum atomic E-state index is 14.5. The van der Waals surface area contributed by atoms with Crippen molar-refractivity contribution in [3.05, 3.63) is 143 Å². The molecule has 4 aromatic carbocycles. The molecule has 6 aromatic rings. The molecule has 0 spiro atoms. The van der Waals surface area contributed by atoms with E-state index < -0.39 is 0 Å². The lowest BCUT2D eigenvalue weighted by molar-refractivity contribution is 0.161. The largest absolute Gasteiger partial charge is 0.497 e. The molecule has 2 unspecified atom stereocenters. The normalized spacial score (nSPS) is 17.2. The Morgan fingerprint density at radius 3 is 1.48 bits per heavy atom. The molecule has 2 atom stereocenters. The number of aromatic nitrogens is 8. The molecule has 14 heteroatoms. The SMILES string of the molecule is CC(C)Oc1ccc(CN2CCn3nnnc3C2c2ccccc2F)cc1.COc1ccc(CN2CCn3nnnc3C2c2ccccc2F)cc1. The molecule has 8 rings (SSSR count). The van der Waals surface area contributed by atoms with Gasteiger partial charge in [-0.25, -0.2) is 18.1 Å². The Labute approximate surface area is 300 Å². The van der Waals surface area contributed by atoms with Crippen molar-refractivity contribution in [3.8, 4) is 11.5 Å². The third kappa shape index (κ3) is 7.67. The molecule has 0 fully saturated rings. The van der Waals surface area contributed by atoms with Gasteiger partial charge < -0.3 is 9.47 Å². The number of rotatable bonds is 9. The van der Waals surface area contributed by atoms with Gasteiger partial charge in [-0.05, 0) is 82.2 Å². The van der Waals surface area contributed by atoms with Crippen molar-refractivity contribution >= 4 is 0 Å². The summed E-state index contributed by atoms with van der Waals surface area (Å²) < 4.78 is 43.4. The topological polar surface area (TPSA) is 112 Å². The third-order valence-electron chi connectivity index (χ3n) is 9.16. The van der Waals surface area contributed by atoms with E-state index >= 15 is 0 Å². The fourth-order valence-corrected chi connectivity index (χ4v) is 6.72. The predicted molar refractivity (Wildman–Crippen MR) is 188 cm³/mol. The van der Waals surface area contributed by atoms with Crippen molar-refractivity contribution in [2.24, 2.45) is 0 Å². The van der Waals surface area contributed by atoms with Crippen LogP contribution in [0.3, 0.4) is 0 Å². The molecule has 0 saturated carbocycles. The van der Waals surface area contributed by atoms with Crippen LogP contribution < -0.4 is 9.47 Å². The lowest BCUT2D eigenvalue weighted by Crippen LogP contribution is -2.39. The second-order valence-electron chi connectivity index (χ2n) is 13.0. The first-order chi connectivity index (χ1) is 25.4. The zero-order chi connectivity index (χ0) is 36.0. The Kier molecular flexibility index (Phi) is 10.5. The maximum Gasteiger partial charge on any atom is 0.173 e. The summed E-state index contributed by atoms with van der Waals surface area (Å²) in [6, 6.07) is 29.0. The molecule has 0 N–H and O–H groups in total. The molecule has 268 valence electrons. The zero-order valence-electron chi connectivity index (χ0n) is 29.3. The van der Waals surface area contributed by atoms with Crippen molar-refractivity contribution in [2.45, 2.75) is 58.2 Å². The van der Waals surface area contributed by atoms with Crippen LogP contribution in [0.1, 0.15) is 59.8 Å². The minimum absolute atomic E-state index is 0.141. The fourth-order valence-electron chi connectivity index (χ4n) is 6.72. The first-order valence-corrected chi connectivity index (χ1v) is 17.3. The summed E-state index contributed by atoms with van der Waals surface area (Å²) in [5.74, 6) is 2.52. The summed E-state index contributed by atoms with van der Waals surface area (Å²) in [7, 11) is 1.65. The minimum atomic E-state index is -0.318. The Morgan fingerprint density at radius 2 is 1.06 bits per heavy atom. The second-order valence-corrected chi connectivity index (χ2v) is 13.0. The van der Waals surface area contributed by atoms with Gasteiger partial charge in [0, 0.05) is 37.3 Å². The Balaban J connectivity index is 0.000000162. The van der Waals surface area contributed by atoms with E-state index in [-0.39, 0.29) is 29.8 Å². The maximum absolute atomic E-state index is 14.5. The summed E-state index contributed by atoms with van der Waals surface area (Å²) in [6.07, 6.45) is 0.141. The fraction of sp³-hybridized carbons (Fsp3) is 0.316. The lowest BCUT2D eigenvalue weighted by atomic mass is 10.0.